The minimum Gasteiger partial charge on any atom is -0.381 e. The van der Waals surface area contributed by atoms with Crippen LogP contribution < -0.4 is 11.1 Å². The molecule has 2 nitrogen and oxygen atoms in total. The first-order chi connectivity index (χ1) is 7.20. The molecule has 1 aromatic carbocycles. The number of benzene rings is 1. The van der Waals surface area contributed by atoms with Crippen LogP contribution in [-0.2, 0) is 0 Å². The molecule has 1 fully saturated rings. The molecule has 0 spiro atoms. The summed E-state index contributed by atoms with van der Waals surface area (Å²) in [6.45, 7) is 2.70. The van der Waals surface area contributed by atoms with Crippen LogP contribution in [0.3, 0.4) is 0 Å². The number of anilines is 1. The van der Waals surface area contributed by atoms with Crippen molar-refractivity contribution in [3.8, 4) is 0 Å². The number of rotatable bonds is 4. The van der Waals surface area contributed by atoms with Crippen molar-refractivity contribution < 1.29 is 0 Å². The van der Waals surface area contributed by atoms with E-state index in [-0.39, 0.29) is 0 Å². The summed E-state index contributed by atoms with van der Waals surface area (Å²) in [5.74, 6) is 0.759. The van der Waals surface area contributed by atoms with Gasteiger partial charge in [0.05, 0.1) is 0 Å². The molecular formula is C12H17ClN2. The lowest BCUT2D eigenvalue weighted by atomic mass is 10.1. The van der Waals surface area contributed by atoms with Crippen LogP contribution in [0.4, 0.5) is 5.69 Å². The summed E-state index contributed by atoms with van der Waals surface area (Å²) in [5, 5.41) is 4.26. The fourth-order valence-corrected chi connectivity index (χ4v) is 1.95. The summed E-state index contributed by atoms with van der Waals surface area (Å²) < 4.78 is 0. The highest BCUT2D eigenvalue weighted by molar-refractivity contribution is 6.31. The molecule has 1 aromatic rings. The predicted molar refractivity (Wildman–Crippen MR) is 65.4 cm³/mol. The van der Waals surface area contributed by atoms with E-state index in [2.05, 4.69) is 11.4 Å². The number of hydrogen-bond acceptors (Lipinski definition) is 2. The molecule has 1 saturated carbocycles. The van der Waals surface area contributed by atoms with E-state index in [4.69, 9.17) is 17.3 Å². The maximum absolute atomic E-state index is 6.06. The third-order valence-corrected chi connectivity index (χ3v) is 3.38. The van der Waals surface area contributed by atoms with Gasteiger partial charge >= 0.3 is 0 Å². The standard InChI is InChI=1S/C12H17ClN2/c1-8-2-5-10(6-11(8)13)15-12(7-14)9-3-4-9/h2,5-6,9,12,15H,3-4,7,14H2,1H3. The SMILES string of the molecule is Cc1ccc(NC(CN)C2CC2)cc1Cl. The quantitative estimate of drug-likeness (QED) is 0.826. The zero-order valence-electron chi connectivity index (χ0n) is 8.96. The molecule has 0 aromatic heterocycles. The Hall–Kier alpha value is -0.730. The van der Waals surface area contributed by atoms with Gasteiger partial charge in [-0.3, -0.25) is 0 Å². The zero-order chi connectivity index (χ0) is 10.8. The fraction of sp³-hybridized carbons (Fsp3) is 0.500. The number of aryl methyl sites for hydroxylation is 1. The second-order valence-corrected chi connectivity index (χ2v) is 4.70. The Bertz CT molecular complexity index is 347. The maximum Gasteiger partial charge on any atom is 0.0455 e. The van der Waals surface area contributed by atoms with Crippen LogP contribution in [-0.4, -0.2) is 12.6 Å². The normalized spacial score (nSPS) is 17.5. The van der Waals surface area contributed by atoms with Crippen LogP contribution >= 0.6 is 11.6 Å². The van der Waals surface area contributed by atoms with Crippen molar-refractivity contribution in [2.75, 3.05) is 11.9 Å². The molecule has 0 radical (unpaired) electrons. The summed E-state index contributed by atoms with van der Waals surface area (Å²) in [6, 6.07) is 6.48. The van der Waals surface area contributed by atoms with Crippen molar-refractivity contribution in [3.63, 3.8) is 0 Å². The lowest BCUT2D eigenvalue weighted by Gasteiger charge is -2.17. The van der Waals surface area contributed by atoms with E-state index >= 15 is 0 Å². The van der Waals surface area contributed by atoms with Crippen molar-refractivity contribution in [3.05, 3.63) is 28.8 Å². The molecule has 1 aliphatic rings. The molecule has 0 bridgehead atoms. The van der Waals surface area contributed by atoms with Crippen molar-refractivity contribution in [1.82, 2.24) is 0 Å². The van der Waals surface area contributed by atoms with Gasteiger partial charge in [0.1, 0.15) is 0 Å². The highest BCUT2D eigenvalue weighted by Crippen LogP contribution is 2.34. The molecule has 1 atom stereocenters. The summed E-state index contributed by atoms with van der Waals surface area (Å²) >= 11 is 6.06. The molecule has 3 N–H and O–H groups in total. The highest BCUT2D eigenvalue weighted by atomic mass is 35.5. The topological polar surface area (TPSA) is 38.0 Å². The molecule has 82 valence electrons. The number of nitrogens with one attached hydrogen (secondary N) is 1. The zero-order valence-corrected chi connectivity index (χ0v) is 9.72. The van der Waals surface area contributed by atoms with Crippen LogP contribution in [0.5, 0.6) is 0 Å². The minimum atomic E-state index is 0.406. The van der Waals surface area contributed by atoms with Crippen LogP contribution in [0.1, 0.15) is 18.4 Å². The van der Waals surface area contributed by atoms with Crippen LogP contribution in [0.15, 0.2) is 18.2 Å². The van der Waals surface area contributed by atoms with Gasteiger partial charge in [0.2, 0.25) is 0 Å². The monoisotopic (exact) mass is 224 g/mol. The first-order valence-corrected chi connectivity index (χ1v) is 5.81. The van der Waals surface area contributed by atoms with Gasteiger partial charge < -0.3 is 11.1 Å². The van der Waals surface area contributed by atoms with Gasteiger partial charge in [-0.2, -0.15) is 0 Å². The van der Waals surface area contributed by atoms with E-state index in [1.54, 1.807) is 0 Å². The summed E-state index contributed by atoms with van der Waals surface area (Å²) in [5.41, 5.74) is 7.92. The van der Waals surface area contributed by atoms with E-state index in [0.717, 1.165) is 22.2 Å². The van der Waals surface area contributed by atoms with Crippen LogP contribution in [0, 0.1) is 12.8 Å². The molecule has 0 saturated heterocycles. The molecule has 2 rings (SSSR count). The Labute approximate surface area is 95.8 Å². The van der Waals surface area contributed by atoms with Crippen LogP contribution in [0.2, 0.25) is 5.02 Å². The van der Waals surface area contributed by atoms with E-state index in [9.17, 15) is 0 Å². The largest absolute Gasteiger partial charge is 0.381 e. The molecule has 1 unspecified atom stereocenters. The van der Waals surface area contributed by atoms with Crippen molar-refractivity contribution in [2.24, 2.45) is 11.7 Å². The maximum atomic E-state index is 6.06. The fourth-order valence-electron chi connectivity index (χ4n) is 1.76. The van der Waals surface area contributed by atoms with Crippen molar-refractivity contribution in [1.29, 1.82) is 0 Å². The van der Waals surface area contributed by atoms with Gasteiger partial charge in [-0.15, -0.1) is 0 Å². The second-order valence-electron chi connectivity index (χ2n) is 4.29. The summed E-state index contributed by atoms with van der Waals surface area (Å²) in [7, 11) is 0. The first kappa shape index (κ1) is 10.8. The number of hydrogen-bond donors (Lipinski definition) is 2. The molecular weight excluding hydrogens is 208 g/mol. The van der Waals surface area contributed by atoms with Gasteiger partial charge in [-0.05, 0) is 43.4 Å². The third kappa shape index (κ3) is 2.64. The molecule has 3 heteroatoms. The average molecular weight is 225 g/mol. The van der Waals surface area contributed by atoms with E-state index in [1.807, 2.05) is 19.1 Å². The van der Waals surface area contributed by atoms with E-state index < -0.39 is 0 Å². The Morgan fingerprint density at radius 3 is 2.80 bits per heavy atom. The predicted octanol–water partition coefficient (Wildman–Crippen LogP) is 2.80. The Kier molecular flexibility index (Phi) is 3.17. The van der Waals surface area contributed by atoms with E-state index in [0.29, 0.717) is 12.6 Å². The van der Waals surface area contributed by atoms with E-state index in [1.165, 1.54) is 12.8 Å². The Morgan fingerprint density at radius 2 is 2.27 bits per heavy atom. The second kappa shape index (κ2) is 4.42. The summed E-state index contributed by atoms with van der Waals surface area (Å²) in [6.07, 6.45) is 2.60. The van der Waals surface area contributed by atoms with Crippen molar-refractivity contribution >= 4 is 17.3 Å². The lowest BCUT2D eigenvalue weighted by molar-refractivity contribution is 0.645. The van der Waals surface area contributed by atoms with Gasteiger partial charge in [0, 0.05) is 23.3 Å². The molecule has 1 aliphatic carbocycles. The average Bonchev–Trinajstić information content (AvgIpc) is 3.03. The molecule has 0 amide bonds. The molecule has 15 heavy (non-hydrogen) atoms. The summed E-state index contributed by atoms with van der Waals surface area (Å²) in [4.78, 5) is 0. The van der Waals surface area contributed by atoms with Gasteiger partial charge in [-0.1, -0.05) is 17.7 Å². The molecule has 0 aliphatic heterocycles. The Morgan fingerprint density at radius 1 is 1.53 bits per heavy atom. The van der Waals surface area contributed by atoms with Gasteiger partial charge in [-0.25, -0.2) is 0 Å². The molecule has 0 heterocycles. The lowest BCUT2D eigenvalue weighted by Crippen LogP contribution is -2.30. The number of halogens is 1. The van der Waals surface area contributed by atoms with Gasteiger partial charge in [0.15, 0.2) is 0 Å². The number of nitrogens with two attached hydrogens (primary N) is 1. The highest BCUT2D eigenvalue weighted by Gasteiger charge is 2.30. The Balaban J connectivity index is 2.05. The van der Waals surface area contributed by atoms with Gasteiger partial charge in [0.25, 0.3) is 0 Å². The smallest absolute Gasteiger partial charge is 0.0455 e. The van der Waals surface area contributed by atoms with Crippen LogP contribution in [0.25, 0.3) is 0 Å². The first-order valence-electron chi connectivity index (χ1n) is 5.43. The third-order valence-electron chi connectivity index (χ3n) is 2.97. The van der Waals surface area contributed by atoms with Crippen molar-refractivity contribution in [2.45, 2.75) is 25.8 Å². The minimum absolute atomic E-state index is 0.406.